The lowest BCUT2D eigenvalue weighted by molar-refractivity contribution is 0.0697. The van der Waals surface area contributed by atoms with E-state index in [4.69, 9.17) is 34.1 Å². The number of halogens is 2. The van der Waals surface area contributed by atoms with E-state index in [0.717, 1.165) is 12.1 Å². The van der Waals surface area contributed by atoms with Gasteiger partial charge >= 0.3 is 5.97 Å². The average molecular weight is 356 g/mol. The van der Waals surface area contributed by atoms with Crippen LogP contribution in [0, 0.1) is 5.82 Å². The minimum Gasteiger partial charge on any atom is -0.478 e. The molecule has 24 heavy (non-hydrogen) atoms. The fourth-order valence-electron chi connectivity index (χ4n) is 1.79. The van der Waals surface area contributed by atoms with Crippen LogP contribution in [0.5, 0.6) is 0 Å². The first-order valence-electron chi connectivity index (χ1n) is 6.17. The third kappa shape index (κ3) is 3.20. The molecule has 1 aromatic heterocycles. The van der Waals surface area contributed by atoms with E-state index in [1.807, 2.05) is 0 Å². The van der Waals surface area contributed by atoms with Crippen LogP contribution in [0.15, 0.2) is 23.3 Å². The van der Waals surface area contributed by atoms with Crippen LogP contribution in [-0.4, -0.2) is 26.9 Å². The highest BCUT2D eigenvalue weighted by molar-refractivity contribution is 6.31. The fourth-order valence-corrected chi connectivity index (χ4v) is 1.96. The van der Waals surface area contributed by atoms with Gasteiger partial charge in [-0.2, -0.15) is 9.89 Å². The summed E-state index contributed by atoms with van der Waals surface area (Å²) in [7, 11) is 0. The number of rotatable bonds is 3. The maximum atomic E-state index is 13.4. The normalized spacial score (nSPS) is 11.3. The predicted octanol–water partition coefficient (Wildman–Crippen LogP) is -0.304. The minimum absolute atomic E-state index is 0.0317. The largest absolute Gasteiger partial charge is 0.478 e. The Morgan fingerprint density at radius 3 is 2.58 bits per heavy atom. The van der Waals surface area contributed by atoms with Crippen molar-refractivity contribution < 1.29 is 19.1 Å². The maximum absolute atomic E-state index is 13.4. The number of amides is 1. The highest BCUT2D eigenvalue weighted by Gasteiger charge is 2.18. The van der Waals surface area contributed by atoms with Gasteiger partial charge in [-0.15, -0.1) is 5.10 Å². The summed E-state index contributed by atoms with van der Waals surface area (Å²) in [6, 6.07) is 2.78. The topological polar surface area (TPSA) is 175 Å². The van der Waals surface area contributed by atoms with E-state index in [-0.39, 0.29) is 27.6 Å². The molecule has 0 aliphatic heterocycles. The third-order valence-electron chi connectivity index (χ3n) is 2.88. The molecule has 0 fully saturated rings. The SMILES string of the molecule is N/N=c1/c(N)cc(C(=O)Nc2cc(Cl)c(F)cc2C(=O)O)nn1N. The van der Waals surface area contributed by atoms with Gasteiger partial charge in [-0.1, -0.05) is 11.6 Å². The number of anilines is 2. The molecule has 126 valence electrons. The molecular formula is C12H11ClFN7O3. The van der Waals surface area contributed by atoms with E-state index in [1.165, 1.54) is 0 Å². The van der Waals surface area contributed by atoms with Crippen molar-refractivity contribution in [2.24, 2.45) is 10.9 Å². The Bertz CT molecular complexity index is 886. The van der Waals surface area contributed by atoms with Gasteiger partial charge in [0.05, 0.1) is 22.0 Å². The number of aromatic carboxylic acids is 1. The number of nitrogen functional groups attached to an aromatic ring is 2. The van der Waals surface area contributed by atoms with Crippen molar-refractivity contribution in [3.8, 4) is 0 Å². The molecule has 10 nitrogen and oxygen atoms in total. The first-order valence-corrected chi connectivity index (χ1v) is 6.55. The molecule has 0 bridgehead atoms. The van der Waals surface area contributed by atoms with Gasteiger partial charge in [0, 0.05) is 0 Å². The molecule has 0 spiro atoms. The van der Waals surface area contributed by atoms with Crippen LogP contribution in [-0.2, 0) is 0 Å². The molecule has 0 saturated heterocycles. The van der Waals surface area contributed by atoms with E-state index in [0.29, 0.717) is 10.9 Å². The molecular weight excluding hydrogens is 345 g/mol. The van der Waals surface area contributed by atoms with Gasteiger partial charge in [0.25, 0.3) is 5.91 Å². The van der Waals surface area contributed by atoms with E-state index in [2.05, 4.69) is 15.5 Å². The number of hydrogen-bond donors (Lipinski definition) is 5. The van der Waals surface area contributed by atoms with Crippen LogP contribution in [0.4, 0.5) is 15.8 Å². The van der Waals surface area contributed by atoms with Gasteiger partial charge in [0.2, 0.25) is 5.49 Å². The second-order valence-electron chi connectivity index (χ2n) is 4.45. The lowest BCUT2D eigenvalue weighted by atomic mass is 10.1. The second kappa shape index (κ2) is 6.42. The van der Waals surface area contributed by atoms with Crippen molar-refractivity contribution in [1.29, 1.82) is 0 Å². The summed E-state index contributed by atoms with van der Waals surface area (Å²) in [6.45, 7) is 0. The van der Waals surface area contributed by atoms with Crippen molar-refractivity contribution in [2.75, 3.05) is 16.9 Å². The highest BCUT2D eigenvalue weighted by Crippen LogP contribution is 2.25. The van der Waals surface area contributed by atoms with Gasteiger partial charge in [0.15, 0.2) is 5.69 Å². The third-order valence-corrected chi connectivity index (χ3v) is 3.17. The summed E-state index contributed by atoms with van der Waals surface area (Å²) in [5, 5.41) is 17.9. The van der Waals surface area contributed by atoms with Crippen molar-refractivity contribution in [1.82, 2.24) is 9.89 Å². The molecule has 0 radical (unpaired) electrons. The lowest BCUT2D eigenvalue weighted by Crippen LogP contribution is -2.35. The van der Waals surface area contributed by atoms with Crippen LogP contribution >= 0.6 is 11.6 Å². The van der Waals surface area contributed by atoms with Crippen molar-refractivity contribution in [3.63, 3.8) is 0 Å². The first kappa shape index (κ1) is 17.0. The number of nitrogens with two attached hydrogens (primary N) is 3. The predicted molar refractivity (Wildman–Crippen MR) is 82.9 cm³/mol. The van der Waals surface area contributed by atoms with Crippen LogP contribution < -0.4 is 28.2 Å². The fraction of sp³-hybridized carbons (Fsp3) is 0. The number of carbonyl (C=O) groups is 2. The summed E-state index contributed by atoms with van der Waals surface area (Å²) in [5.41, 5.74) is 4.56. The Balaban J connectivity index is 2.44. The smallest absolute Gasteiger partial charge is 0.337 e. The molecule has 0 aliphatic rings. The Kier molecular flexibility index (Phi) is 4.55. The number of aromatic nitrogens is 2. The molecule has 0 unspecified atom stereocenters. The van der Waals surface area contributed by atoms with Gasteiger partial charge < -0.3 is 27.8 Å². The number of carboxylic acid groups (broad SMARTS) is 1. The van der Waals surface area contributed by atoms with Crippen LogP contribution in [0.1, 0.15) is 20.8 Å². The molecule has 0 aliphatic carbocycles. The zero-order chi connectivity index (χ0) is 18.0. The van der Waals surface area contributed by atoms with E-state index in [9.17, 15) is 14.0 Å². The Hall–Kier alpha value is -3.34. The molecule has 0 saturated carbocycles. The molecule has 1 amide bonds. The molecule has 1 aromatic carbocycles. The van der Waals surface area contributed by atoms with Crippen LogP contribution in [0.3, 0.4) is 0 Å². The number of nitrogens with zero attached hydrogens (tertiary/aromatic N) is 3. The zero-order valence-corrected chi connectivity index (χ0v) is 12.6. The van der Waals surface area contributed by atoms with E-state index < -0.39 is 23.3 Å². The summed E-state index contributed by atoms with van der Waals surface area (Å²) in [4.78, 5) is 24.0. The van der Waals surface area contributed by atoms with Crippen molar-refractivity contribution >= 4 is 34.9 Å². The molecule has 0 atom stereocenters. The molecule has 2 rings (SSSR count). The minimum atomic E-state index is -1.46. The van der Waals surface area contributed by atoms with Crippen molar-refractivity contribution in [2.45, 2.75) is 0 Å². The standard InChI is InChI=1S/C12H11ClFN7O3/c13-5-2-8(4(12(23)24)1-6(5)14)18-11(22)9-3-7(15)10(19-16)21(17)20-9/h1-3H,15-17H2,(H,18,22)(H,23,24)/b19-10-. The van der Waals surface area contributed by atoms with Crippen LogP contribution in [0.2, 0.25) is 5.02 Å². The molecule has 2 aromatic rings. The Labute approximate surface area is 138 Å². The second-order valence-corrected chi connectivity index (χ2v) is 4.86. The van der Waals surface area contributed by atoms with E-state index >= 15 is 0 Å². The number of carboxylic acids is 1. The Morgan fingerprint density at radius 2 is 2.04 bits per heavy atom. The molecule has 12 heteroatoms. The monoisotopic (exact) mass is 355 g/mol. The van der Waals surface area contributed by atoms with Crippen molar-refractivity contribution in [3.05, 3.63) is 45.8 Å². The van der Waals surface area contributed by atoms with Gasteiger partial charge in [-0.3, -0.25) is 4.79 Å². The Morgan fingerprint density at radius 1 is 1.38 bits per heavy atom. The quantitative estimate of drug-likeness (QED) is 0.370. The molecule has 1 heterocycles. The van der Waals surface area contributed by atoms with Gasteiger partial charge in [-0.05, 0) is 18.2 Å². The summed E-state index contributed by atoms with van der Waals surface area (Å²) < 4.78 is 13.4. The number of benzene rings is 1. The molecule has 8 N–H and O–H groups in total. The number of hydrogen-bond acceptors (Lipinski definition) is 7. The summed E-state index contributed by atoms with van der Waals surface area (Å²) >= 11 is 5.60. The van der Waals surface area contributed by atoms with Crippen LogP contribution in [0.25, 0.3) is 0 Å². The average Bonchev–Trinajstić information content (AvgIpc) is 2.50. The summed E-state index contributed by atoms with van der Waals surface area (Å²) in [5.74, 6) is 7.31. The van der Waals surface area contributed by atoms with E-state index in [1.54, 1.807) is 0 Å². The zero-order valence-electron chi connectivity index (χ0n) is 11.8. The first-order chi connectivity index (χ1) is 11.2. The van der Waals surface area contributed by atoms with Gasteiger partial charge in [-0.25, -0.2) is 9.18 Å². The number of nitrogens with one attached hydrogen (secondary N) is 1. The number of carbonyl (C=O) groups excluding carboxylic acids is 1. The van der Waals surface area contributed by atoms with Gasteiger partial charge in [0.1, 0.15) is 5.82 Å². The summed E-state index contributed by atoms with van der Waals surface area (Å²) in [6.07, 6.45) is 0. The highest BCUT2D eigenvalue weighted by atomic mass is 35.5. The lowest BCUT2D eigenvalue weighted by Gasteiger charge is -2.10. The maximum Gasteiger partial charge on any atom is 0.337 e.